The van der Waals surface area contributed by atoms with Gasteiger partial charge in [0, 0.05) is 11.0 Å². The molecular weight excluding hydrogens is 260 g/mol. The van der Waals surface area contributed by atoms with Crippen LogP contribution in [0.2, 0.25) is 0 Å². The molecule has 0 bridgehead atoms. The van der Waals surface area contributed by atoms with Crippen molar-refractivity contribution in [3.05, 3.63) is 40.7 Å². The number of aromatic nitrogens is 1. The summed E-state index contributed by atoms with van der Waals surface area (Å²) in [5.41, 5.74) is 6.06. The maximum Gasteiger partial charge on any atom is 0.399 e. The minimum Gasteiger partial charge on any atom is -0.417 e. The number of ether oxygens (including phenoxy) is 1. The van der Waals surface area contributed by atoms with E-state index in [1.54, 1.807) is 0 Å². The standard InChI is InChI=1S/C10H9BrN2O2/c11-7-2-1-3-9(4-7)15-10-13-8(5-12)6-14-10/h1-4,6H,5,12H2. The van der Waals surface area contributed by atoms with Crippen LogP contribution in [0.4, 0.5) is 0 Å². The molecule has 0 unspecified atom stereocenters. The molecule has 1 heterocycles. The summed E-state index contributed by atoms with van der Waals surface area (Å²) >= 11 is 3.34. The average molecular weight is 269 g/mol. The van der Waals surface area contributed by atoms with Crippen molar-refractivity contribution in [1.29, 1.82) is 0 Å². The number of nitrogens with zero attached hydrogens (tertiary/aromatic N) is 1. The van der Waals surface area contributed by atoms with E-state index < -0.39 is 0 Å². The summed E-state index contributed by atoms with van der Waals surface area (Å²) in [5.74, 6) is 0.662. The highest BCUT2D eigenvalue weighted by Crippen LogP contribution is 2.23. The normalized spacial score (nSPS) is 10.3. The minimum absolute atomic E-state index is 0.202. The number of hydrogen-bond donors (Lipinski definition) is 1. The molecule has 0 spiro atoms. The molecule has 4 nitrogen and oxygen atoms in total. The van der Waals surface area contributed by atoms with Crippen LogP contribution in [0.15, 0.2) is 39.4 Å². The molecule has 0 fully saturated rings. The van der Waals surface area contributed by atoms with Crippen LogP contribution >= 0.6 is 15.9 Å². The molecule has 0 amide bonds. The second kappa shape index (κ2) is 4.46. The van der Waals surface area contributed by atoms with Gasteiger partial charge in [-0.2, -0.15) is 4.98 Å². The molecular formula is C10H9BrN2O2. The molecule has 0 aliphatic rings. The Bertz CT molecular complexity index is 456. The molecule has 0 atom stereocenters. The zero-order valence-corrected chi connectivity index (χ0v) is 9.40. The van der Waals surface area contributed by atoms with Crippen molar-refractivity contribution in [2.24, 2.45) is 5.73 Å². The van der Waals surface area contributed by atoms with Gasteiger partial charge in [-0.3, -0.25) is 0 Å². The highest BCUT2D eigenvalue weighted by atomic mass is 79.9. The summed E-state index contributed by atoms with van der Waals surface area (Å²) in [4.78, 5) is 4.02. The number of oxazole rings is 1. The fraction of sp³-hybridized carbons (Fsp3) is 0.100. The van der Waals surface area contributed by atoms with Gasteiger partial charge >= 0.3 is 6.08 Å². The largest absolute Gasteiger partial charge is 0.417 e. The van der Waals surface area contributed by atoms with E-state index in [1.807, 2.05) is 24.3 Å². The fourth-order valence-electron chi connectivity index (χ4n) is 1.06. The van der Waals surface area contributed by atoms with Crippen molar-refractivity contribution in [2.75, 3.05) is 0 Å². The Balaban J connectivity index is 2.14. The Hall–Kier alpha value is -1.33. The number of benzene rings is 1. The highest BCUT2D eigenvalue weighted by molar-refractivity contribution is 9.10. The minimum atomic E-state index is 0.202. The summed E-state index contributed by atoms with van der Waals surface area (Å²) in [6, 6.07) is 7.42. The quantitative estimate of drug-likeness (QED) is 0.930. The van der Waals surface area contributed by atoms with Gasteiger partial charge < -0.3 is 14.9 Å². The van der Waals surface area contributed by atoms with E-state index in [1.165, 1.54) is 6.26 Å². The van der Waals surface area contributed by atoms with Gasteiger partial charge in [0.2, 0.25) is 0 Å². The van der Waals surface area contributed by atoms with Crippen molar-refractivity contribution in [3.63, 3.8) is 0 Å². The third-order valence-corrected chi connectivity index (χ3v) is 2.23. The fourth-order valence-corrected chi connectivity index (χ4v) is 1.44. The van der Waals surface area contributed by atoms with E-state index in [9.17, 15) is 0 Å². The van der Waals surface area contributed by atoms with E-state index in [4.69, 9.17) is 14.9 Å². The maximum absolute atomic E-state index is 5.40. The molecule has 2 N–H and O–H groups in total. The first-order chi connectivity index (χ1) is 7.28. The molecule has 1 aromatic heterocycles. The van der Waals surface area contributed by atoms with Gasteiger partial charge in [-0.25, -0.2) is 0 Å². The summed E-state index contributed by atoms with van der Waals surface area (Å²) < 4.78 is 11.4. The number of rotatable bonds is 3. The van der Waals surface area contributed by atoms with E-state index >= 15 is 0 Å². The monoisotopic (exact) mass is 268 g/mol. The first-order valence-electron chi connectivity index (χ1n) is 4.36. The van der Waals surface area contributed by atoms with Gasteiger partial charge in [-0.1, -0.05) is 22.0 Å². The average Bonchev–Trinajstić information content (AvgIpc) is 2.65. The van der Waals surface area contributed by atoms with Crippen LogP contribution in [0.3, 0.4) is 0 Å². The Morgan fingerprint density at radius 3 is 3.00 bits per heavy atom. The Morgan fingerprint density at radius 2 is 2.33 bits per heavy atom. The lowest BCUT2D eigenvalue weighted by Gasteiger charge is -1.99. The lowest BCUT2D eigenvalue weighted by atomic mass is 10.3. The van der Waals surface area contributed by atoms with Crippen LogP contribution < -0.4 is 10.5 Å². The van der Waals surface area contributed by atoms with Crippen LogP contribution in [-0.2, 0) is 6.54 Å². The summed E-state index contributed by atoms with van der Waals surface area (Å²) in [6.07, 6.45) is 1.68. The van der Waals surface area contributed by atoms with Crippen molar-refractivity contribution in [1.82, 2.24) is 4.98 Å². The van der Waals surface area contributed by atoms with Crippen LogP contribution in [0.1, 0.15) is 5.69 Å². The van der Waals surface area contributed by atoms with Crippen molar-refractivity contribution < 1.29 is 9.15 Å². The summed E-state index contributed by atoms with van der Waals surface area (Å²) in [5, 5.41) is 0. The van der Waals surface area contributed by atoms with Crippen LogP contribution in [-0.4, -0.2) is 4.98 Å². The Kier molecular flexibility index (Phi) is 3.03. The van der Waals surface area contributed by atoms with Crippen molar-refractivity contribution in [3.8, 4) is 11.8 Å². The molecule has 5 heteroatoms. The molecule has 1 aromatic carbocycles. The van der Waals surface area contributed by atoms with Gasteiger partial charge in [0.15, 0.2) is 0 Å². The SMILES string of the molecule is NCc1coc(Oc2cccc(Br)c2)n1. The van der Waals surface area contributed by atoms with Gasteiger partial charge in [0.25, 0.3) is 0 Å². The van der Waals surface area contributed by atoms with Gasteiger partial charge in [0.05, 0.1) is 5.69 Å². The molecule has 0 saturated heterocycles. The van der Waals surface area contributed by atoms with Crippen molar-refractivity contribution in [2.45, 2.75) is 6.54 Å². The molecule has 15 heavy (non-hydrogen) atoms. The second-order valence-corrected chi connectivity index (χ2v) is 3.78. The molecule has 2 rings (SSSR count). The number of hydrogen-bond acceptors (Lipinski definition) is 4. The first kappa shape index (κ1) is 10.2. The summed E-state index contributed by atoms with van der Waals surface area (Å²) in [6.45, 7) is 0.339. The van der Waals surface area contributed by atoms with E-state index in [0.717, 1.165) is 4.47 Å². The zero-order valence-electron chi connectivity index (χ0n) is 7.81. The second-order valence-electron chi connectivity index (χ2n) is 2.87. The van der Waals surface area contributed by atoms with Crippen LogP contribution in [0.25, 0.3) is 0 Å². The van der Waals surface area contributed by atoms with E-state index in [2.05, 4.69) is 20.9 Å². The first-order valence-corrected chi connectivity index (χ1v) is 5.15. The smallest absolute Gasteiger partial charge is 0.399 e. The predicted molar refractivity (Wildman–Crippen MR) is 58.6 cm³/mol. The number of halogens is 1. The predicted octanol–water partition coefficient (Wildman–Crippen LogP) is 2.69. The van der Waals surface area contributed by atoms with E-state index in [-0.39, 0.29) is 6.08 Å². The van der Waals surface area contributed by atoms with Gasteiger partial charge in [0.1, 0.15) is 12.0 Å². The van der Waals surface area contributed by atoms with Crippen LogP contribution in [0.5, 0.6) is 11.8 Å². The molecule has 0 aliphatic heterocycles. The third kappa shape index (κ3) is 2.57. The zero-order chi connectivity index (χ0) is 10.7. The van der Waals surface area contributed by atoms with Crippen LogP contribution in [0, 0.1) is 0 Å². The molecule has 0 radical (unpaired) electrons. The van der Waals surface area contributed by atoms with Gasteiger partial charge in [-0.05, 0) is 18.2 Å². The Labute approximate surface area is 95.2 Å². The molecule has 2 aromatic rings. The third-order valence-electron chi connectivity index (χ3n) is 1.74. The topological polar surface area (TPSA) is 61.3 Å². The van der Waals surface area contributed by atoms with E-state index in [0.29, 0.717) is 18.0 Å². The lowest BCUT2D eigenvalue weighted by molar-refractivity contribution is 0.330. The summed E-state index contributed by atoms with van der Waals surface area (Å²) in [7, 11) is 0. The molecule has 0 aliphatic carbocycles. The molecule has 0 saturated carbocycles. The number of nitrogens with two attached hydrogens (primary N) is 1. The maximum atomic E-state index is 5.40. The van der Waals surface area contributed by atoms with Gasteiger partial charge in [-0.15, -0.1) is 0 Å². The molecule has 78 valence electrons. The van der Waals surface area contributed by atoms with Crippen molar-refractivity contribution >= 4 is 15.9 Å². The highest BCUT2D eigenvalue weighted by Gasteiger charge is 2.04. The lowest BCUT2D eigenvalue weighted by Crippen LogP contribution is -1.95. The Morgan fingerprint density at radius 1 is 1.47 bits per heavy atom.